The van der Waals surface area contributed by atoms with Crippen LogP contribution in [0.2, 0.25) is 0 Å². The van der Waals surface area contributed by atoms with Crippen LogP contribution in [0.1, 0.15) is 38.3 Å². The van der Waals surface area contributed by atoms with Gasteiger partial charge < -0.3 is 5.32 Å². The van der Waals surface area contributed by atoms with E-state index < -0.39 is 5.25 Å². The Morgan fingerprint density at radius 1 is 1.18 bits per heavy atom. The molecule has 146 valence electrons. The molecule has 1 amide bonds. The summed E-state index contributed by atoms with van der Waals surface area (Å²) in [5.41, 5.74) is 1.44. The molecular weight excluding hydrogens is 375 g/mol. The van der Waals surface area contributed by atoms with E-state index in [0.717, 1.165) is 18.4 Å². The number of nitrogens with one attached hydrogen (secondary N) is 1. The van der Waals surface area contributed by atoms with Gasteiger partial charge >= 0.3 is 0 Å². The lowest BCUT2D eigenvalue weighted by Crippen LogP contribution is -2.34. The molecule has 1 aromatic heterocycles. The predicted molar refractivity (Wildman–Crippen MR) is 109 cm³/mol. The van der Waals surface area contributed by atoms with Gasteiger partial charge in [-0.3, -0.25) is 9.36 Å². The Labute approximate surface area is 168 Å². The van der Waals surface area contributed by atoms with E-state index in [-0.39, 0.29) is 17.8 Å². The molecule has 0 saturated carbocycles. The zero-order valence-corrected chi connectivity index (χ0v) is 16.7. The van der Waals surface area contributed by atoms with Crippen LogP contribution in [0.25, 0.3) is 5.69 Å². The maximum atomic E-state index is 14.1. The first-order chi connectivity index (χ1) is 13.6. The van der Waals surface area contributed by atoms with E-state index in [9.17, 15) is 9.18 Å². The zero-order valence-electron chi connectivity index (χ0n) is 15.9. The Kier molecular flexibility index (Phi) is 6.81. The van der Waals surface area contributed by atoms with Crippen molar-refractivity contribution in [2.75, 3.05) is 0 Å². The Morgan fingerprint density at radius 3 is 2.61 bits per heavy atom. The fourth-order valence-corrected chi connectivity index (χ4v) is 3.76. The minimum absolute atomic E-state index is 0.0359. The molecule has 0 fully saturated rings. The van der Waals surface area contributed by atoms with Crippen LogP contribution in [-0.4, -0.2) is 25.9 Å². The number of amides is 1. The number of para-hydroxylation sites is 1. The molecule has 2 aromatic carbocycles. The highest BCUT2D eigenvalue weighted by atomic mass is 32.2. The molecule has 0 spiro atoms. The van der Waals surface area contributed by atoms with E-state index in [1.165, 1.54) is 24.2 Å². The minimum atomic E-state index is -0.405. The van der Waals surface area contributed by atoms with Gasteiger partial charge in [0.1, 0.15) is 12.1 Å². The van der Waals surface area contributed by atoms with Crippen molar-refractivity contribution in [3.05, 3.63) is 72.3 Å². The lowest BCUT2D eigenvalue weighted by molar-refractivity contribution is -0.121. The number of halogens is 1. The normalized spacial score (nSPS) is 13.1. The maximum Gasteiger partial charge on any atom is 0.233 e. The summed E-state index contributed by atoms with van der Waals surface area (Å²) in [4.78, 5) is 12.8. The van der Waals surface area contributed by atoms with E-state index in [1.807, 2.05) is 37.3 Å². The quantitative estimate of drug-likeness (QED) is 0.566. The summed E-state index contributed by atoms with van der Waals surface area (Å²) >= 11 is 1.25. The number of thioether (sulfide) groups is 1. The molecule has 1 N–H and O–H groups in total. The van der Waals surface area contributed by atoms with Crippen LogP contribution in [0.3, 0.4) is 0 Å². The fourth-order valence-electron chi connectivity index (χ4n) is 2.91. The number of aromatic nitrogens is 3. The summed E-state index contributed by atoms with van der Waals surface area (Å²) in [6.45, 7) is 3.91. The van der Waals surface area contributed by atoms with Crippen LogP contribution in [0, 0.1) is 5.82 Å². The van der Waals surface area contributed by atoms with Crippen LogP contribution < -0.4 is 5.32 Å². The molecule has 0 radical (unpaired) electrons. The summed E-state index contributed by atoms with van der Waals surface area (Å²) in [6, 6.07) is 16.3. The van der Waals surface area contributed by atoms with E-state index in [1.54, 1.807) is 22.8 Å². The standard InChI is InChI=1S/C21H23FN4OS/c1-3-9-18(16-10-5-4-6-11-16)24-20(27)15(2)28-21-25-23-14-26(21)19-13-8-7-12-17(19)22/h4-8,10-15,18H,3,9H2,1-2H3,(H,24,27)/t15-,18-/m1/s1. The lowest BCUT2D eigenvalue weighted by atomic mass is 10.0. The second kappa shape index (κ2) is 9.50. The van der Waals surface area contributed by atoms with E-state index in [2.05, 4.69) is 22.4 Å². The van der Waals surface area contributed by atoms with Crippen LogP contribution in [0.5, 0.6) is 0 Å². The summed E-state index contributed by atoms with van der Waals surface area (Å²) in [5, 5.41) is 11.1. The second-order valence-electron chi connectivity index (χ2n) is 6.46. The van der Waals surface area contributed by atoms with E-state index in [0.29, 0.717) is 10.8 Å². The molecule has 0 aliphatic rings. The van der Waals surface area contributed by atoms with Crippen molar-refractivity contribution in [3.8, 4) is 5.69 Å². The smallest absolute Gasteiger partial charge is 0.233 e. The molecular formula is C21H23FN4OS. The molecule has 1 heterocycles. The third-order valence-corrected chi connectivity index (χ3v) is 5.43. The van der Waals surface area contributed by atoms with Gasteiger partial charge in [0.15, 0.2) is 5.16 Å². The van der Waals surface area contributed by atoms with Gasteiger partial charge in [-0.1, -0.05) is 67.6 Å². The lowest BCUT2D eigenvalue weighted by Gasteiger charge is -2.21. The SMILES string of the molecule is CCC[C@@H](NC(=O)[C@@H](C)Sc1nncn1-c1ccccc1F)c1ccccc1. The number of carbonyl (C=O) groups is 1. The second-order valence-corrected chi connectivity index (χ2v) is 7.76. The van der Waals surface area contributed by atoms with Crippen molar-refractivity contribution in [1.82, 2.24) is 20.1 Å². The summed E-state index contributed by atoms with van der Waals surface area (Å²) in [5.74, 6) is -0.455. The highest BCUT2D eigenvalue weighted by Gasteiger charge is 2.22. The molecule has 0 aliphatic carbocycles. The number of nitrogens with zero attached hydrogens (tertiary/aromatic N) is 3. The highest BCUT2D eigenvalue weighted by Crippen LogP contribution is 2.26. The summed E-state index contributed by atoms with van der Waals surface area (Å²) < 4.78 is 15.7. The van der Waals surface area contributed by atoms with Crippen molar-refractivity contribution in [2.24, 2.45) is 0 Å². The molecule has 3 aromatic rings. The van der Waals surface area contributed by atoms with Gasteiger partial charge in [-0.2, -0.15) is 0 Å². The topological polar surface area (TPSA) is 59.8 Å². The van der Waals surface area contributed by atoms with Gasteiger partial charge in [0, 0.05) is 0 Å². The highest BCUT2D eigenvalue weighted by molar-refractivity contribution is 8.00. The fraction of sp³-hybridized carbons (Fsp3) is 0.286. The van der Waals surface area contributed by atoms with Gasteiger partial charge in [-0.25, -0.2) is 4.39 Å². The Bertz CT molecular complexity index is 916. The predicted octanol–water partition coefficient (Wildman–Crippen LogP) is 4.54. The van der Waals surface area contributed by atoms with E-state index >= 15 is 0 Å². The molecule has 2 atom stereocenters. The maximum absolute atomic E-state index is 14.1. The number of hydrogen-bond donors (Lipinski definition) is 1. The van der Waals surface area contributed by atoms with Gasteiger partial charge in [0.05, 0.1) is 17.0 Å². The number of rotatable bonds is 8. The van der Waals surface area contributed by atoms with Gasteiger partial charge in [-0.05, 0) is 31.0 Å². The van der Waals surface area contributed by atoms with Crippen LogP contribution in [-0.2, 0) is 4.79 Å². The van der Waals surface area contributed by atoms with Gasteiger partial charge in [0.25, 0.3) is 0 Å². The van der Waals surface area contributed by atoms with Crippen LogP contribution in [0.15, 0.2) is 66.1 Å². The summed E-state index contributed by atoms with van der Waals surface area (Å²) in [6.07, 6.45) is 3.27. The van der Waals surface area contributed by atoms with E-state index in [4.69, 9.17) is 0 Å². The molecule has 0 saturated heterocycles. The monoisotopic (exact) mass is 398 g/mol. The third-order valence-electron chi connectivity index (χ3n) is 4.38. The van der Waals surface area contributed by atoms with Crippen LogP contribution in [0.4, 0.5) is 4.39 Å². The van der Waals surface area contributed by atoms with Crippen molar-refractivity contribution < 1.29 is 9.18 Å². The number of hydrogen-bond acceptors (Lipinski definition) is 4. The van der Waals surface area contributed by atoms with Crippen LogP contribution >= 0.6 is 11.8 Å². The Balaban J connectivity index is 1.71. The first-order valence-corrected chi connectivity index (χ1v) is 10.1. The molecule has 28 heavy (non-hydrogen) atoms. The Morgan fingerprint density at radius 2 is 1.89 bits per heavy atom. The summed E-state index contributed by atoms with van der Waals surface area (Å²) in [7, 11) is 0. The molecule has 5 nitrogen and oxygen atoms in total. The minimum Gasteiger partial charge on any atom is -0.348 e. The number of carbonyl (C=O) groups excluding carboxylic acids is 1. The van der Waals surface area contributed by atoms with Gasteiger partial charge in [0.2, 0.25) is 5.91 Å². The van der Waals surface area contributed by atoms with Crippen molar-refractivity contribution >= 4 is 17.7 Å². The van der Waals surface area contributed by atoms with Crippen molar-refractivity contribution in [2.45, 2.75) is 43.1 Å². The molecule has 7 heteroatoms. The van der Waals surface area contributed by atoms with Crippen molar-refractivity contribution in [1.29, 1.82) is 0 Å². The first-order valence-electron chi connectivity index (χ1n) is 9.27. The zero-order chi connectivity index (χ0) is 19.9. The first kappa shape index (κ1) is 20.1. The molecule has 3 rings (SSSR count). The Hall–Kier alpha value is -2.67. The van der Waals surface area contributed by atoms with Crippen molar-refractivity contribution in [3.63, 3.8) is 0 Å². The third kappa shape index (κ3) is 4.78. The molecule has 0 bridgehead atoms. The molecule has 0 aliphatic heterocycles. The molecule has 0 unspecified atom stereocenters. The average Bonchev–Trinajstić information content (AvgIpc) is 3.16. The number of benzene rings is 2. The largest absolute Gasteiger partial charge is 0.348 e. The average molecular weight is 399 g/mol. The van der Waals surface area contributed by atoms with Gasteiger partial charge in [-0.15, -0.1) is 10.2 Å².